The van der Waals surface area contributed by atoms with E-state index in [4.69, 9.17) is 11.6 Å². The molecule has 0 saturated carbocycles. The summed E-state index contributed by atoms with van der Waals surface area (Å²) in [6.07, 6.45) is 3.35. The van der Waals surface area contributed by atoms with E-state index in [0.717, 1.165) is 11.2 Å². The molecule has 56 valence electrons. The van der Waals surface area contributed by atoms with Gasteiger partial charge >= 0.3 is 0 Å². The van der Waals surface area contributed by atoms with E-state index in [1.54, 1.807) is 16.9 Å². The normalized spacial score (nSPS) is 10.7. The standard InChI is InChI=1S/C6H5ClN4/c1-4-3-11-5(2-8-10-11)6(7)9-4/h2-3H,1H3. The van der Waals surface area contributed by atoms with Gasteiger partial charge in [0.15, 0.2) is 5.15 Å². The van der Waals surface area contributed by atoms with Gasteiger partial charge in [0.1, 0.15) is 5.52 Å². The van der Waals surface area contributed by atoms with Crippen LogP contribution in [0.5, 0.6) is 0 Å². The largest absolute Gasteiger partial charge is 0.237 e. The number of hydrogen-bond acceptors (Lipinski definition) is 3. The second kappa shape index (κ2) is 2.17. The number of halogens is 1. The van der Waals surface area contributed by atoms with Gasteiger partial charge in [-0.15, -0.1) is 5.10 Å². The van der Waals surface area contributed by atoms with E-state index in [1.165, 1.54) is 0 Å². The summed E-state index contributed by atoms with van der Waals surface area (Å²) in [7, 11) is 0. The lowest BCUT2D eigenvalue weighted by Gasteiger charge is -1.95. The number of rotatable bonds is 0. The third-order valence-electron chi connectivity index (χ3n) is 1.37. The molecule has 11 heavy (non-hydrogen) atoms. The number of hydrogen-bond donors (Lipinski definition) is 0. The molecular formula is C6H5ClN4. The van der Waals surface area contributed by atoms with Crippen molar-refractivity contribution in [2.45, 2.75) is 6.92 Å². The molecule has 0 N–H and O–H groups in total. The van der Waals surface area contributed by atoms with Gasteiger partial charge in [0.25, 0.3) is 0 Å². The Kier molecular flexibility index (Phi) is 1.29. The fourth-order valence-corrected chi connectivity index (χ4v) is 1.17. The van der Waals surface area contributed by atoms with Gasteiger partial charge < -0.3 is 0 Å². The predicted octanol–water partition coefficient (Wildman–Crippen LogP) is 1.09. The summed E-state index contributed by atoms with van der Waals surface area (Å²) in [4.78, 5) is 4.04. The summed E-state index contributed by atoms with van der Waals surface area (Å²) < 4.78 is 1.60. The predicted molar refractivity (Wildman–Crippen MR) is 40.5 cm³/mol. The zero-order chi connectivity index (χ0) is 7.84. The molecule has 0 bridgehead atoms. The number of aromatic nitrogens is 4. The first-order valence-corrected chi connectivity index (χ1v) is 3.48. The first kappa shape index (κ1) is 6.54. The van der Waals surface area contributed by atoms with Crippen LogP contribution in [0.2, 0.25) is 5.15 Å². The van der Waals surface area contributed by atoms with Crippen LogP contribution >= 0.6 is 11.6 Å². The second-order valence-corrected chi connectivity index (χ2v) is 2.59. The Morgan fingerprint density at radius 1 is 1.55 bits per heavy atom. The molecule has 0 amide bonds. The van der Waals surface area contributed by atoms with Crippen molar-refractivity contribution in [2.24, 2.45) is 0 Å². The highest BCUT2D eigenvalue weighted by Crippen LogP contribution is 2.12. The van der Waals surface area contributed by atoms with Crippen molar-refractivity contribution < 1.29 is 0 Å². The molecule has 4 nitrogen and oxygen atoms in total. The van der Waals surface area contributed by atoms with Crippen molar-refractivity contribution in [1.29, 1.82) is 0 Å². The molecule has 0 spiro atoms. The SMILES string of the molecule is Cc1cn2nncc2c(Cl)n1. The van der Waals surface area contributed by atoms with Crippen LogP contribution in [0.15, 0.2) is 12.4 Å². The van der Waals surface area contributed by atoms with Gasteiger partial charge in [-0.05, 0) is 6.92 Å². The fraction of sp³-hybridized carbons (Fsp3) is 0.167. The van der Waals surface area contributed by atoms with Crippen LogP contribution < -0.4 is 0 Å². The molecule has 5 heteroatoms. The van der Waals surface area contributed by atoms with Gasteiger partial charge in [-0.3, -0.25) is 0 Å². The average molecular weight is 169 g/mol. The van der Waals surface area contributed by atoms with E-state index < -0.39 is 0 Å². The third kappa shape index (κ3) is 0.952. The van der Waals surface area contributed by atoms with Crippen LogP contribution in [-0.2, 0) is 0 Å². The lowest BCUT2D eigenvalue weighted by Crippen LogP contribution is -1.92. The first-order valence-electron chi connectivity index (χ1n) is 3.10. The molecule has 0 aliphatic carbocycles. The Morgan fingerprint density at radius 3 is 3.18 bits per heavy atom. The van der Waals surface area contributed by atoms with Crippen molar-refractivity contribution in [2.75, 3.05) is 0 Å². The fourth-order valence-electron chi connectivity index (χ4n) is 0.905. The van der Waals surface area contributed by atoms with Crippen LogP contribution in [0, 0.1) is 6.92 Å². The quantitative estimate of drug-likeness (QED) is 0.592. The van der Waals surface area contributed by atoms with Crippen LogP contribution in [0.4, 0.5) is 0 Å². The van der Waals surface area contributed by atoms with E-state index in [2.05, 4.69) is 15.3 Å². The van der Waals surface area contributed by atoms with Crippen LogP contribution in [0.25, 0.3) is 5.52 Å². The maximum Gasteiger partial charge on any atom is 0.156 e. The van der Waals surface area contributed by atoms with Crippen molar-refractivity contribution >= 4 is 17.1 Å². The van der Waals surface area contributed by atoms with Crippen LogP contribution in [0.1, 0.15) is 5.69 Å². The van der Waals surface area contributed by atoms with Crippen molar-refractivity contribution in [3.8, 4) is 0 Å². The average Bonchev–Trinajstić information content (AvgIpc) is 2.34. The minimum absolute atomic E-state index is 0.440. The molecule has 0 fully saturated rings. The van der Waals surface area contributed by atoms with Crippen molar-refractivity contribution in [3.05, 3.63) is 23.2 Å². The molecule has 0 radical (unpaired) electrons. The Labute approximate surface area is 67.8 Å². The molecule has 0 saturated heterocycles. The topological polar surface area (TPSA) is 43.1 Å². The Morgan fingerprint density at radius 2 is 2.36 bits per heavy atom. The molecular weight excluding hydrogens is 164 g/mol. The maximum absolute atomic E-state index is 5.79. The Bertz CT molecular complexity index is 394. The smallest absolute Gasteiger partial charge is 0.156 e. The maximum atomic E-state index is 5.79. The van der Waals surface area contributed by atoms with Gasteiger partial charge in [-0.1, -0.05) is 16.8 Å². The van der Waals surface area contributed by atoms with Crippen molar-refractivity contribution in [3.63, 3.8) is 0 Å². The zero-order valence-electron chi connectivity index (χ0n) is 5.82. The second-order valence-electron chi connectivity index (χ2n) is 2.24. The van der Waals surface area contributed by atoms with Crippen molar-refractivity contribution in [1.82, 2.24) is 19.8 Å². The molecule has 2 rings (SSSR count). The van der Waals surface area contributed by atoms with E-state index >= 15 is 0 Å². The van der Waals surface area contributed by atoms with Crippen LogP contribution in [0.3, 0.4) is 0 Å². The lowest BCUT2D eigenvalue weighted by molar-refractivity contribution is 0.841. The Balaban J connectivity index is 2.91. The summed E-state index contributed by atoms with van der Waals surface area (Å²) in [5.41, 5.74) is 1.56. The summed E-state index contributed by atoms with van der Waals surface area (Å²) in [6.45, 7) is 1.85. The highest BCUT2D eigenvalue weighted by Gasteiger charge is 2.01. The van der Waals surface area contributed by atoms with E-state index in [1.807, 2.05) is 6.92 Å². The monoisotopic (exact) mass is 168 g/mol. The zero-order valence-corrected chi connectivity index (χ0v) is 6.58. The molecule has 0 aliphatic heterocycles. The highest BCUT2D eigenvalue weighted by molar-refractivity contribution is 6.32. The van der Waals surface area contributed by atoms with E-state index in [0.29, 0.717) is 5.15 Å². The number of fused-ring (bicyclic) bond motifs is 1. The molecule has 0 aliphatic rings. The molecule has 0 unspecified atom stereocenters. The third-order valence-corrected chi connectivity index (χ3v) is 1.65. The number of nitrogens with zero attached hydrogens (tertiary/aromatic N) is 4. The number of aryl methyl sites for hydroxylation is 1. The molecule has 0 atom stereocenters. The van der Waals surface area contributed by atoms with Gasteiger partial charge in [0.2, 0.25) is 0 Å². The molecule has 2 aromatic heterocycles. The van der Waals surface area contributed by atoms with Gasteiger partial charge in [0.05, 0.1) is 18.1 Å². The molecule has 2 aromatic rings. The summed E-state index contributed by atoms with van der Waals surface area (Å²) >= 11 is 5.79. The van der Waals surface area contributed by atoms with Gasteiger partial charge in [-0.2, -0.15) is 0 Å². The highest BCUT2D eigenvalue weighted by atomic mass is 35.5. The van der Waals surface area contributed by atoms with E-state index in [9.17, 15) is 0 Å². The minimum atomic E-state index is 0.440. The van der Waals surface area contributed by atoms with Gasteiger partial charge in [0, 0.05) is 0 Å². The molecule has 2 heterocycles. The molecule has 0 aromatic carbocycles. The van der Waals surface area contributed by atoms with Gasteiger partial charge in [-0.25, -0.2) is 9.50 Å². The van der Waals surface area contributed by atoms with Crippen LogP contribution in [-0.4, -0.2) is 19.8 Å². The minimum Gasteiger partial charge on any atom is -0.237 e. The van der Waals surface area contributed by atoms with E-state index in [-0.39, 0.29) is 0 Å². The lowest BCUT2D eigenvalue weighted by atomic mass is 10.5. The summed E-state index contributed by atoms with van der Waals surface area (Å²) in [5, 5.41) is 7.91. The summed E-state index contributed by atoms with van der Waals surface area (Å²) in [5.74, 6) is 0. The Hall–Kier alpha value is -1.16. The first-order chi connectivity index (χ1) is 5.27. The summed E-state index contributed by atoms with van der Waals surface area (Å²) in [6, 6.07) is 0.